The molecule has 0 aliphatic carbocycles. The molecular weight excluding hydrogens is 1120 g/mol. The molecule has 0 heterocycles. The van der Waals surface area contributed by atoms with Crippen LogP contribution >= 0.6 is 0 Å². The molecule has 0 atom stereocenters. The van der Waals surface area contributed by atoms with E-state index >= 15 is 8.78 Å². The molecule has 16 rings (SSSR count). The van der Waals surface area contributed by atoms with Gasteiger partial charge in [-0.05, 0) is 125 Å². The normalized spacial score (nSPS) is 12.9. The highest BCUT2D eigenvalue weighted by molar-refractivity contribution is 6.28. The van der Waals surface area contributed by atoms with Crippen LogP contribution < -0.4 is 9.80 Å². The van der Waals surface area contributed by atoms with E-state index in [0.717, 1.165) is 44.5 Å². The summed E-state index contributed by atoms with van der Waals surface area (Å²) >= 11 is 0. The lowest BCUT2D eigenvalue weighted by molar-refractivity contribution is 0.632. The number of nitrogens with zero attached hydrogens (tertiary/aromatic N) is 2. The first-order valence-electron chi connectivity index (χ1n) is 35.4. The van der Waals surface area contributed by atoms with Crippen molar-refractivity contribution in [2.45, 2.75) is 0 Å². The first-order chi connectivity index (χ1) is 49.7. The van der Waals surface area contributed by atoms with E-state index in [4.69, 9.17) is 2.74 Å². The summed E-state index contributed by atoms with van der Waals surface area (Å²) in [5, 5.41) is 3.38. The van der Waals surface area contributed by atoms with E-state index in [1.807, 2.05) is 267 Å². The van der Waals surface area contributed by atoms with Crippen molar-refractivity contribution in [1.29, 1.82) is 0 Å². The van der Waals surface area contributed by atoms with Gasteiger partial charge in [-0.15, -0.1) is 0 Å². The van der Waals surface area contributed by atoms with E-state index in [1.54, 1.807) is 24.3 Å². The molecule has 2 nitrogen and oxygen atoms in total. The fourth-order valence-electron chi connectivity index (χ4n) is 13.3. The Morgan fingerprint density at radius 3 is 0.804 bits per heavy atom. The molecule has 0 aliphatic heterocycles. The van der Waals surface area contributed by atoms with Gasteiger partial charge in [-0.3, -0.25) is 0 Å². The molecule has 4 heteroatoms. The Morgan fingerprint density at radius 1 is 0.228 bits per heavy atom. The number of halogens is 2. The van der Waals surface area contributed by atoms with Crippen LogP contribution in [0.3, 0.4) is 0 Å². The first-order valence-corrected chi connectivity index (χ1v) is 30.4. The van der Waals surface area contributed by atoms with Gasteiger partial charge in [0.05, 0.1) is 36.5 Å². The van der Waals surface area contributed by atoms with Crippen LogP contribution in [0.1, 0.15) is 13.7 Å². The number of anilines is 6. The summed E-state index contributed by atoms with van der Waals surface area (Å²) in [4.78, 5) is 2.94. The molecule has 0 N–H and O–H groups in total. The minimum Gasteiger partial charge on any atom is -0.307 e. The van der Waals surface area contributed by atoms with E-state index in [1.165, 1.54) is 9.80 Å². The topological polar surface area (TPSA) is 6.48 Å². The van der Waals surface area contributed by atoms with Gasteiger partial charge in [-0.2, -0.15) is 0 Å². The fraction of sp³-hybridized carbons (Fsp3) is 0. The van der Waals surface area contributed by atoms with Crippen LogP contribution in [0.2, 0.25) is 0 Å². The summed E-state index contributed by atoms with van der Waals surface area (Å²) < 4.78 is 135. The van der Waals surface area contributed by atoms with E-state index < -0.39 is 72.1 Å². The third kappa shape index (κ3) is 9.74. The van der Waals surface area contributed by atoms with Crippen LogP contribution in [0.25, 0.3) is 121 Å². The van der Waals surface area contributed by atoms with Crippen molar-refractivity contribution in [3.8, 4) is 89.0 Å². The smallest absolute Gasteiger partial charge is 0.155 e. The van der Waals surface area contributed by atoms with Crippen molar-refractivity contribution in [1.82, 2.24) is 0 Å². The van der Waals surface area contributed by atoms with E-state index in [0.29, 0.717) is 65.7 Å². The summed E-state index contributed by atoms with van der Waals surface area (Å²) in [5.74, 6) is -1.51. The Bertz CT molecular complexity index is 5570. The highest BCUT2D eigenvalue weighted by Gasteiger charge is 2.31. The van der Waals surface area contributed by atoms with Crippen molar-refractivity contribution < 1.29 is 22.5 Å². The van der Waals surface area contributed by atoms with E-state index in [9.17, 15) is 11.0 Å². The third-order valence-corrected chi connectivity index (χ3v) is 17.4. The highest BCUT2D eigenvalue weighted by Crippen LogP contribution is 2.54. The highest BCUT2D eigenvalue weighted by atomic mass is 19.1. The number of para-hydroxylation sites is 2. The van der Waals surface area contributed by atoms with Gasteiger partial charge in [0.25, 0.3) is 0 Å². The second-order valence-corrected chi connectivity index (χ2v) is 22.5. The second kappa shape index (κ2) is 23.8. The molecule has 0 amide bonds. The molecule has 0 aromatic heterocycles. The number of benzene rings is 16. The van der Waals surface area contributed by atoms with Crippen LogP contribution in [0.5, 0.6) is 0 Å². The zero-order valence-corrected chi connectivity index (χ0v) is 49.4. The average molecular weight is 1190 g/mol. The predicted octanol–water partition coefficient (Wildman–Crippen LogP) is 25.1. The lowest BCUT2D eigenvalue weighted by Crippen LogP contribution is -2.15. The first kappa shape index (κ1) is 45.3. The van der Waals surface area contributed by atoms with Gasteiger partial charge in [0.1, 0.15) is 0 Å². The predicted molar refractivity (Wildman–Crippen MR) is 383 cm³/mol. The van der Waals surface area contributed by atoms with Crippen molar-refractivity contribution >= 4 is 66.4 Å². The van der Waals surface area contributed by atoms with Gasteiger partial charge in [-0.25, -0.2) is 8.78 Å². The molecule has 0 bridgehead atoms. The Morgan fingerprint density at radius 2 is 0.489 bits per heavy atom. The minimum absolute atomic E-state index is 0.118. The molecule has 0 aliphatic rings. The van der Waals surface area contributed by atoms with Crippen molar-refractivity contribution in [2.75, 3.05) is 9.80 Å². The van der Waals surface area contributed by atoms with Gasteiger partial charge in [0.15, 0.2) is 11.6 Å². The van der Waals surface area contributed by atoms with Gasteiger partial charge in [-0.1, -0.05) is 315 Å². The lowest BCUT2D eigenvalue weighted by atomic mass is 9.88. The molecule has 434 valence electrons. The van der Waals surface area contributed by atoms with Crippen LogP contribution in [-0.4, -0.2) is 0 Å². The molecule has 0 radical (unpaired) electrons. The summed E-state index contributed by atoms with van der Waals surface area (Å²) in [5.41, 5.74) is 9.00. The molecule has 0 unspecified atom stereocenters. The maximum atomic E-state index is 19.9. The van der Waals surface area contributed by atoms with Crippen LogP contribution in [-0.2, 0) is 0 Å². The van der Waals surface area contributed by atoms with Gasteiger partial charge >= 0.3 is 0 Å². The minimum atomic E-state index is -0.756. The molecule has 0 spiro atoms. The summed E-state index contributed by atoms with van der Waals surface area (Å²) in [6, 6.07) is 84.3. The van der Waals surface area contributed by atoms with E-state index in [-0.39, 0.29) is 45.3 Å². The number of hydrogen-bond donors (Lipinski definition) is 0. The zero-order chi connectivity index (χ0) is 70.2. The molecule has 0 fully saturated rings. The standard InChI is InChI=1S/C88H58F2N2/c89-85-75(71-43-23-19-39-67(71)59-27-7-1-8-28-59)53-55-77(73-45-25-21-41-69(73)61-31-11-3-12-32-61)87(85)91(65-35-15-5-16-36-65)81-57-49-63-48-52-80-82(58-50-64-47-51-79(81)83(63)84(64)80)92(66-37-17-6-18-38-66)88-78(74-46-26-22-42-70(74)62-33-13-4-14-34-62)56-54-76(86(88)90)72-44-24-20-40-68(72)60-29-9-2-10-30-60/h1-58H/i5D,6D,15D,16D,17D,18D,35D,36D,37D,38D. The molecule has 0 saturated carbocycles. The molecular formula is C88H58F2N2. The van der Waals surface area contributed by atoms with Crippen LogP contribution in [0.4, 0.5) is 42.9 Å². The van der Waals surface area contributed by atoms with Crippen LogP contribution in [0.15, 0.2) is 352 Å². The number of rotatable bonds is 14. The fourth-order valence-corrected chi connectivity index (χ4v) is 13.3. The van der Waals surface area contributed by atoms with Crippen molar-refractivity contribution in [2.24, 2.45) is 0 Å². The average Bonchev–Trinajstić information content (AvgIpc) is 0.712. The number of hydrogen-bond acceptors (Lipinski definition) is 2. The molecule has 16 aromatic rings. The Balaban J connectivity index is 1.03. The second-order valence-electron chi connectivity index (χ2n) is 22.5. The van der Waals surface area contributed by atoms with E-state index in [2.05, 4.69) is 0 Å². The lowest BCUT2D eigenvalue weighted by Gasteiger charge is -2.32. The zero-order valence-electron chi connectivity index (χ0n) is 59.4. The van der Waals surface area contributed by atoms with Crippen molar-refractivity contribution in [3.63, 3.8) is 0 Å². The SMILES string of the molecule is [2H]c1c([2H])c([2H])c(N(c2c(-c3ccccc3-c3ccccc3)ccc(-c3ccccc3-c3ccccc3)c2F)c2ccc3ccc4c(N(c5c([2H])c([2H])c([2H])c([2H])c5[2H])c5c(-c6ccccc6-c6ccccc6)ccc(-c6ccccc6-c6ccccc6)c5F)ccc5ccc2c3c54)c([2H])c1[2H]. The summed E-state index contributed by atoms with van der Waals surface area (Å²) in [6.45, 7) is 0. The summed E-state index contributed by atoms with van der Waals surface area (Å²) in [6.07, 6.45) is 0. The van der Waals surface area contributed by atoms with Crippen LogP contribution in [0, 0.1) is 11.6 Å². The van der Waals surface area contributed by atoms with Gasteiger partial charge in [0, 0.05) is 44.4 Å². The molecule has 0 saturated heterocycles. The van der Waals surface area contributed by atoms with Gasteiger partial charge < -0.3 is 9.80 Å². The Labute approximate surface area is 548 Å². The van der Waals surface area contributed by atoms with Gasteiger partial charge in [0.2, 0.25) is 0 Å². The summed E-state index contributed by atoms with van der Waals surface area (Å²) in [7, 11) is 0. The molecule has 16 aromatic carbocycles. The Kier molecular flexibility index (Phi) is 11.7. The largest absolute Gasteiger partial charge is 0.307 e. The maximum Gasteiger partial charge on any atom is 0.155 e. The quantitative estimate of drug-likeness (QED) is 0.100. The third-order valence-electron chi connectivity index (χ3n) is 17.4. The van der Waals surface area contributed by atoms with Crippen molar-refractivity contribution in [3.05, 3.63) is 363 Å². The Hall–Kier alpha value is -12.0. The maximum absolute atomic E-state index is 19.9. The molecule has 92 heavy (non-hydrogen) atoms. The monoisotopic (exact) mass is 1190 g/mol.